The fourth-order valence-corrected chi connectivity index (χ4v) is 2.72. The minimum Gasteiger partial charge on any atom is -0.480 e. The SMILES string of the molecule is Cc1ccc2c(c1)CC(Br)(C(=O)O)C(C(F)(F)F)O2. The predicted octanol–water partition coefficient (Wildman–Crippen LogP) is 3.08. The van der Waals surface area contributed by atoms with Crippen LogP contribution in [0.4, 0.5) is 13.2 Å². The molecule has 0 saturated carbocycles. The highest BCUT2D eigenvalue weighted by molar-refractivity contribution is 9.10. The van der Waals surface area contributed by atoms with Crippen LogP contribution in [-0.4, -0.2) is 27.7 Å². The number of hydrogen-bond donors (Lipinski definition) is 1. The number of aliphatic carboxylic acids is 1. The van der Waals surface area contributed by atoms with Crippen molar-refractivity contribution >= 4 is 21.9 Å². The Bertz CT molecular complexity index is 529. The van der Waals surface area contributed by atoms with Crippen LogP contribution in [0, 0.1) is 6.92 Å². The maximum atomic E-state index is 13.0. The zero-order valence-electron chi connectivity index (χ0n) is 9.79. The van der Waals surface area contributed by atoms with E-state index >= 15 is 0 Å². The van der Waals surface area contributed by atoms with Crippen LogP contribution in [-0.2, 0) is 11.2 Å². The van der Waals surface area contributed by atoms with Crippen molar-refractivity contribution in [2.45, 2.75) is 29.9 Å². The molecule has 1 heterocycles. The van der Waals surface area contributed by atoms with E-state index in [2.05, 4.69) is 15.9 Å². The highest BCUT2D eigenvalue weighted by atomic mass is 79.9. The average molecular weight is 339 g/mol. The Balaban J connectivity index is 2.52. The molecule has 1 aromatic rings. The van der Waals surface area contributed by atoms with Crippen LogP contribution in [0.3, 0.4) is 0 Å². The number of ether oxygens (including phenoxy) is 1. The van der Waals surface area contributed by atoms with Crippen LogP contribution < -0.4 is 4.74 Å². The summed E-state index contributed by atoms with van der Waals surface area (Å²) < 4.78 is 41.5. The number of hydrogen-bond acceptors (Lipinski definition) is 2. The Kier molecular flexibility index (Phi) is 3.28. The van der Waals surface area contributed by atoms with Gasteiger partial charge in [0.05, 0.1) is 0 Å². The lowest BCUT2D eigenvalue weighted by atomic mass is 9.89. The van der Waals surface area contributed by atoms with Crippen LogP contribution in [0.2, 0.25) is 0 Å². The minimum absolute atomic E-state index is 0.0734. The Morgan fingerprint density at radius 3 is 2.68 bits per heavy atom. The van der Waals surface area contributed by atoms with Crippen molar-refractivity contribution in [1.82, 2.24) is 0 Å². The summed E-state index contributed by atoms with van der Waals surface area (Å²) in [7, 11) is 0. The van der Waals surface area contributed by atoms with Crippen molar-refractivity contribution in [3.8, 4) is 5.75 Å². The molecule has 2 rings (SSSR count). The first-order valence-electron chi connectivity index (χ1n) is 5.40. The van der Waals surface area contributed by atoms with E-state index in [1.165, 1.54) is 6.07 Å². The molecular weight excluding hydrogens is 329 g/mol. The number of benzene rings is 1. The molecule has 0 amide bonds. The van der Waals surface area contributed by atoms with Gasteiger partial charge in [-0.15, -0.1) is 0 Å². The van der Waals surface area contributed by atoms with Gasteiger partial charge in [0.1, 0.15) is 5.75 Å². The van der Waals surface area contributed by atoms with Gasteiger partial charge in [-0.05, 0) is 18.6 Å². The molecule has 0 fully saturated rings. The molecule has 0 bridgehead atoms. The fourth-order valence-electron chi connectivity index (χ4n) is 2.07. The summed E-state index contributed by atoms with van der Waals surface area (Å²) in [5.74, 6) is -1.52. The van der Waals surface area contributed by atoms with Gasteiger partial charge in [-0.3, -0.25) is 4.79 Å². The number of fused-ring (bicyclic) bond motifs is 1. The summed E-state index contributed by atoms with van der Waals surface area (Å²) in [4.78, 5) is 11.2. The van der Waals surface area contributed by atoms with E-state index in [-0.39, 0.29) is 12.2 Å². The second kappa shape index (κ2) is 4.40. The quantitative estimate of drug-likeness (QED) is 0.800. The molecule has 0 saturated heterocycles. The Morgan fingerprint density at radius 2 is 2.16 bits per heavy atom. The number of rotatable bonds is 1. The number of halogens is 4. The molecule has 0 radical (unpaired) electrons. The minimum atomic E-state index is -4.77. The Hall–Kier alpha value is -1.24. The van der Waals surface area contributed by atoms with Crippen molar-refractivity contribution in [3.63, 3.8) is 0 Å². The number of carbonyl (C=O) groups is 1. The normalized spacial score (nSPS) is 26.5. The van der Waals surface area contributed by atoms with E-state index in [1.807, 2.05) is 0 Å². The zero-order valence-corrected chi connectivity index (χ0v) is 11.4. The Labute approximate surface area is 115 Å². The van der Waals surface area contributed by atoms with E-state index in [1.54, 1.807) is 19.1 Å². The van der Waals surface area contributed by atoms with E-state index in [4.69, 9.17) is 9.84 Å². The lowest BCUT2D eigenvalue weighted by Gasteiger charge is -2.38. The Morgan fingerprint density at radius 1 is 1.53 bits per heavy atom. The fraction of sp³-hybridized carbons (Fsp3) is 0.417. The van der Waals surface area contributed by atoms with Gasteiger partial charge in [-0.25, -0.2) is 0 Å². The van der Waals surface area contributed by atoms with Gasteiger partial charge in [0.2, 0.25) is 6.10 Å². The summed E-state index contributed by atoms with van der Waals surface area (Å²) in [6.45, 7) is 1.77. The molecule has 7 heteroatoms. The summed E-state index contributed by atoms with van der Waals surface area (Å²) >= 11 is 2.71. The molecule has 0 spiro atoms. The smallest absolute Gasteiger partial charge is 0.427 e. The largest absolute Gasteiger partial charge is 0.480 e. The van der Waals surface area contributed by atoms with Gasteiger partial charge in [-0.1, -0.05) is 33.6 Å². The number of aryl methyl sites for hydroxylation is 1. The topological polar surface area (TPSA) is 46.5 Å². The predicted molar refractivity (Wildman–Crippen MR) is 64.6 cm³/mol. The molecule has 1 aromatic carbocycles. The van der Waals surface area contributed by atoms with Gasteiger partial charge in [0, 0.05) is 6.42 Å². The highest BCUT2D eigenvalue weighted by Crippen LogP contribution is 2.45. The maximum Gasteiger partial charge on any atom is 0.427 e. The number of alkyl halides is 4. The molecular formula is C12H10BrF3O3. The molecule has 1 aliphatic heterocycles. The second-order valence-corrected chi connectivity index (χ2v) is 5.91. The summed E-state index contributed by atoms with van der Waals surface area (Å²) in [5, 5.41) is 9.10. The van der Waals surface area contributed by atoms with Gasteiger partial charge in [0.25, 0.3) is 0 Å². The van der Waals surface area contributed by atoms with Crippen LogP contribution in [0.25, 0.3) is 0 Å². The van der Waals surface area contributed by atoms with Crippen molar-refractivity contribution in [2.75, 3.05) is 0 Å². The molecule has 2 unspecified atom stereocenters. The monoisotopic (exact) mass is 338 g/mol. The molecule has 1 aliphatic rings. The lowest BCUT2D eigenvalue weighted by molar-refractivity contribution is -0.211. The zero-order chi connectivity index (χ0) is 14.4. The number of carboxylic acids is 1. The van der Waals surface area contributed by atoms with E-state index in [0.717, 1.165) is 5.56 Å². The van der Waals surface area contributed by atoms with Gasteiger partial charge >= 0.3 is 12.1 Å². The molecule has 104 valence electrons. The first-order chi connectivity index (χ1) is 8.64. The van der Waals surface area contributed by atoms with Crippen molar-refractivity contribution in [1.29, 1.82) is 0 Å². The molecule has 3 nitrogen and oxygen atoms in total. The first-order valence-corrected chi connectivity index (χ1v) is 6.19. The van der Waals surface area contributed by atoms with E-state index in [9.17, 15) is 18.0 Å². The third-order valence-electron chi connectivity index (χ3n) is 2.98. The highest BCUT2D eigenvalue weighted by Gasteiger charge is 2.61. The van der Waals surface area contributed by atoms with Gasteiger partial charge in [0.15, 0.2) is 4.32 Å². The molecule has 19 heavy (non-hydrogen) atoms. The summed E-state index contributed by atoms with van der Waals surface area (Å²) in [5.41, 5.74) is 1.27. The van der Waals surface area contributed by atoms with E-state index in [0.29, 0.717) is 5.56 Å². The standard InChI is InChI=1S/C12H10BrF3O3/c1-6-2-3-8-7(4-6)5-11(13,10(17)18)9(19-8)12(14,15)16/h2-4,9H,5H2,1H3,(H,17,18). The molecule has 0 aliphatic carbocycles. The molecule has 1 N–H and O–H groups in total. The second-order valence-electron chi connectivity index (χ2n) is 4.50. The van der Waals surface area contributed by atoms with Crippen molar-refractivity contribution in [3.05, 3.63) is 29.3 Å². The number of carboxylic acid groups (broad SMARTS) is 1. The maximum absolute atomic E-state index is 13.0. The third-order valence-corrected chi connectivity index (χ3v) is 4.01. The van der Waals surface area contributed by atoms with Crippen LogP contribution in [0.15, 0.2) is 18.2 Å². The van der Waals surface area contributed by atoms with Crippen LogP contribution in [0.1, 0.15) is 11.1 Å². The van der Waals surface area contributed by atoms with Gasteiger partial charge in [-0.2, -0.15) is 13.2 Å². The molecule has 0 aromatic heterocycles. The van der Waals surface area contributed by atoms with Gasteiger partial charge < -0.3 is 9.84 Å². The lowest BCUT2D eigenvalue weighted by Crippen LogP contribution is -2.58. The van der Waals surface area contributed by atoms with Crippen LogP contribution >= 0.6 is 15.9 Å². The van der Waals surface area contributed by atoms with E-state index < -0.39 is 22.6 Å². The first kappa shape index (κ1) is 14.2. The summed E-state index contributed by atoms with van der Waals surface area (Å²) in [6.07, 6.45) is -7.48. The van der Waals surface area contributed by atoms with Crippen molar-refractivity contribution < 1.29 is 27.8 Å². The van der Waals surface area contributed by atoms with Crippen LogP contribution in [0.5, 0.6) is 5.75 Å². The average Bonchev–Trinajstić information content (AvgIpc) is 2.26. The summed E-state index contributed by atoms with van der Waals surface area (Å²) in [6, 6.07) is 4.67. The molecule has 2 atom stereocenters. The van der Waals surface area contributed by atoms with Crippen molar-refractivity contribution in [2.24, 2.45) is 0 Å². The third kappa shape index (κ3) is 2.43.